The van der Waals surface area contributed by atoms with Crippen molar-refractivity contribution in [3.63, 3.8) is 0 Å². The summed E-state index contributed by atoms with van der Waals surface area (Å²) in [6.07, 6.45) is -4.41. The molecule has 0 aromatic heterocycles. The Balaban J connectivity index is 1.64. The number of benzene rings is 3. The Morgan fingerprint density at radius 2 is 1.33 bits per heavy atom. The third-order valence-corrected chi connectivity index (χ3v) is 4.67. The van der Waals surface area contributed by atoms with Crippen molar-refractivity contribution < 1.29 is 23.1 Å². The SMILES string of the molecule is O=C(Nc1ccc(C(F)(F)F)cc1)c1ccc(Sc2ccc(O)cc2)cc1. The van der Waals surface area contributed by atoms with E-state index in [1.807, 2.05) is 0 Å². The van der Waals surface area contributed by atoms with Gasteiger partial charge in [-0.2, -0.15) is 13.2 Å². The largest absolute Gasteiger partial charge is 0.508 e. The second-order valence-corrected chi connectivity index (χ2v) is 6.80. The monoisotopic (exact) mass is 389 g/mol. The molecule has 0 fully saturated rings. The van der Waals surface area contributed by atoms with E-state index in [1.54, 1.807) is 48.5 Å². The van der Waals surface area contributed by atoms with E-state index in [0.717, 1.165) is 21.9 Å². The fourth-order valence-corrected chi connectivity index (χ4v) is 3.09. The molecule has 3 aromatic rings. The Kier molecular flexibility index (Phi) is 5.41. The summed E-state index contributed by atoms with van der Waals surface area (Å²) in [5.74, 6) is -0.217. The third kappa shape index (κ3) is 5.04. The van der Waals surface area contributed by atoms with Gasteiger partial charge in [-0.25, -0.2) is 0 Å². The first-order valence-electron chi connectivity index (χ1n) is 7.87. The second-order valence-electron chi connectivity index (χ2n) is 5.65. The second kappa shape index (κ2) is 7.75. The van der Waals surface area contributed by atoms with Crippen molar-refractivity contribution in [3.8, 4) is 5.75 Å². The van der Waals surface area contributed by atoms with Crippen LogP contribution in [0.1, 0.15) is 15.9 Å². The Morgan fingerprint density at radius 3 is 1.85 bits per heavy atom. The standard InChI is InChI=1S/C20H14F3NO2S/c21-20(22,23)14-3-5-15(6-4-14)24-19(26)13-1-9-17(10-2-13)27-18-11-7-16(25)8-12-18/h1-12,25H,(H,24,26). The molecular weight excluding hydrogens is 375 g/mol. The zero-order chi connectivity index (χ0) is 19.4. The molecule has 0 heterocycles. The summed E-state index contributed by atoms with van der Waals surface area (Å²) < 4.78 is 37.7. The van der Waals surface area contributed by atoms with Crippen molar-refractivity contribution >= 4 is 23.4 Å². The van der Waals surface area contributed by atoms with Gasteiger partial charge in [-0.3, -0.25) is 4.79 Å². The number of phenols is 1. The Hall–Kier alpha value is -2.93. The van der Waals surface area contributed by atoms with Crippen LogP contribution in [0.2, 0.25) is 0 Å². The molecule has 0 spiro atoms. The summed E-state index contributed by atoms with van der Waals surface area (Å²) in [6.45, 7) is 0. The number of rotatable bonds is 4. The highest BCUT2D eigenvalue weighted by atomic mass is 32.2. The van der Waals surface area contributed by atoms with Crippen LogP contribution in [-0.2, 0) is 6.18 Å². The molecule has 0 atom stereocenters. The topological polar surface area (TPSA) is 49.3 Å². The lowest BCUT2D eigenvalue weighted by Crippen LogP contribution is -2.12. The average Bonchev–Trinajstić information content (AvgIpc) is 2.64. The van der Waals surface area contributed by atoms with E-state index in [1.165, 1.54) is 23.9 Å². The van der Waals surface area contributed by atoms with Gasteiger partial charge in [0.15, 0.2) is 0 Å². The number of anilines is 1. The van der Waals surface area contributed by atoms with Crippen LogP contribution in [0.3, 0.4) is 0 Å². The molecule has 0 aliphatic rings. The van der Waals surface area contributed by atoms with E-state index < -0.39 is 17.6 Å². The number of nitrogens with one attached hydrogen (secondary N) is 1. The van der Waals surface area contributed by atoms with Crippen molar-refractivity contribution in [1.82, 2.24) is 0 Å². The van der Waals surface area contributed by atoms with Gasteiger partial charge in [0.05, 0.1) is 5.56 Å². The van der Waals surface area contributed by atoms with E-state index in [2.05, 4.69) is 5.32 Å². The van der Waals surface area contributed by atoms with Gasteiger partial charge >= 0.3 is 6.18 Å². The fourth-order valence-electron chi connectivity index (χ4n) is 2.27. The minimum absolute atomic E-state index is 0.189. The molecule has 2 N–H and O–H groups in total. The molecule has 0 radical (unpaired) electrons. The first kappa shape index (κ1) is 18.8. The molecule has 3 nitrogen and oxygen atoms in total. The first-order chi connectivity index (χ1) is 12.8. The van der Waals surface area contributed by atoms with Crippen LogP contribution in [0.5, 0.6) is 5.75 Å². The Morgan fingerprint density at radius 1 is 0.815 bits per heavy atom. The minimum Gasteiger partial charge on any atom is -0.508 e. The molecule has 7 heteroatoms. The predicted octanol–water partition coefficient (Wildman–Crippen LogP) is 5.81. The van der Waals surface area contributed by atoms with Crippen LogP contribution in [-0.4, -0.2) is 11.0 Å². The molecule has 0 bridgehead atoms. The van der Waals surface area contributed by atoms with Gasteiger partial charge in [-0.1, -0.05) is 11.8 Å². The fraction of sp³-hybridized carbons (Fsp3) is 0.0500. The molecule has 138 valence electrons. The van der Waals surface area contributed by atoms with E-state index in [4.69, 9.17) is 0 Å². The number of amides is 1. The van der Waals surface area contributed by atoms with Crippen LogP contribution in [0.15, 0.2) is 82.6 Å². The number of hydrogen-bond acceptors (Lipinski definition) is 3. The minimum atomic E-state index is -4.41. The van der Waals surface area contributed by atoms with Crippen molar-refractivity contribution in [2.75, 3.05) is 5.32 Å². The van der Waals surface area contributed by atoms with Gasteiger partial charge < -0.3 is 10.4 Å². The van der Waals surface area contributed by atoms with Crippen LogP contribution in [0.4, 0.5) is 18.9 Å². The molecular formula is C20H14F3NO2S. The zero-order valence-corrected chi connectivity index (χ0v) is 14.6. The molecule has 0 aliphatic heterocycles. The van der Waals surface area contributed by atoms with Crippen molar-refractivity contribution in [3.05, 3.63) is 83.9 Å². The van der Waals surface area contributed by atoms with E-state index >= 15 is 0 Å². The Labute approximate surface area is 157 Å². The molecule has 3 aromatic carbocycles. The smallest absolute Gasteiger partial charge is 0.416 e. The summed E-state index contributed by atoms with van der Waals surface area (Å²) >= 11 is 1.48. The van der Waals surface area contributed by atoms with E-state index in [-0.39, 0.29) is 11.4 Å². The van der Waals surface area contributed by atoms with Gasteiger partial charge in [0.25, 0.3) is 5.91 Å². The first-order valence-corrected chi connectivity index (χ1v) is 8.68. The molecule has 3 rings (SSSR count). The van der Waals surface area contributed by atoms with Crippen LogP contribution in [0.25, 0.3) is 0 Å². The van der Waals surface area contributed by atoms with Crippen LogP contribution < -0.4 is 5.32 Å². The summed E-state index contributed by atoms with van der Waals surface area (Å²) in [6, 6.07) is 17.9. The van der Waals surface area contributed by atoms with E-state index in [9.17, 15) is 23.1 Å². The number of hydrogen-bond donors (Lipinski definition) is 2. The lowest BCUT2D eigenvalue weighted by Gasteiger charge is -2.09. The molecule has 0 unspecified atom stereocenters. The normalized spacial score (nSPS) is 11.2. The number of aromatic hydroxyl groups is 1. The average molecular weight is 389 g/mol. The summed E-state index contributed by atoms with van der Waals surface area (Å²) in [4.78, 5) is 14.1. The summed E-state index contributed by atoms with van der Waals surface area (Å²) in [7, 11) is 0. The van der Waals surface area contributed by atoms with Crippen LogP contribution in [0, 0.1) is 0 Å². The van der Waals surface area contributed by atoms with Gasteiger partial charge in [0.2, 0.25) is 0 Å². The van der Waals surface area contributed by atoms with Crippen molar-refractivity contribution in [2.24, 2.45) is 0 Å². The number of carbonyl (C=O) groups excluding carboxylic acids is 1. The molecule has 0 aliphatic carbocycles. The molecule has 0 saturated carbocycles. The summed E-state index contributed by atoms with van der Waals surface area (Å²) in [5.41, 5.74) is -0.0865. The quantitative estimate of drug-likeness (QED) is 0.592. The van der Waals surface area contributed by atoms with Crippen molar-refractivity contribution in [1.29, 1.82) is 0 Å². The number of alkyl halides is 3. The van der Waals surface area contributed by atoms with Gasteiger partial charge in [0.1, 0.15) is 5.75 Å². The maximum absolute atomic E-state index is 12.6. The zero-order valence-electron chi connectivity index (χ0n) is 13.8. The van der Waals surface area contributed by atoms with Crippen molar-refractivity contribution in [2.45, 2.75) is 16.0 Å². The molecule has 0 saturated heterocycles. The van der Waals surface area contributed by atoms with Gasteiger partial charge in [-0.05, 0) is 72.8 Å². The number of halogens is 3. The van der Waals surface area contributed by atoms with Crippen LogP contribution >= 0.6 is 11.8 Å². The summed E-state index contributed by atoms with van der Waals surface area (Å²) in [5, 5.41) is 11.9. The van der Waals surface area contributed by atoms with E-state index in [0.29, 0.717) is 5.56 Å². The molecule has 27 heavy (non-hydrogen) atoms. The number of carbonyl (C=O) groups is 1. The highest BCUT2D eigenvalue weighted by Gasteiger charge is 2.29. The van der Waals surface area contributed by atoms with Gasteiger partial charge in [-0.15, -0.1) is 0 Å². The maximum atomic E-state index is 12.6. The Bertz CT molecular complexity index is 921. The van der Waals surface area contributed by atoms with Gasteiger partial charge in [0, 0.05) is 21.0 Å². The predicted molar refractivity (Wildman–Crippen MR) is 98.1 cm³/mol. The third-order valence-electron chi connectivity index (χ3n) is 3.66. The number of phenolic OH excluding ortho intramolecular Hbond substituents is 1. The molecule has 1 amide bonds. The lowest BCUT2D eigenvalue weighted by atomic mass is 10.2. The highest BCUT2D eigenvalue weighted by Crippen LogP contribution is 2.30. The highest BCUT2D eigenvalue weighted by molar-refractivity contribution is 7.99. The lowest BCUT2D eigenvalue weighted by molar-refractivity contribution is -0.137. The maximum Gasteiger partial charge on any atom is 0.416 e.